The third kappa shape index (κ3) is 1.36. The van der Waals surface area contributed by atoms with E-state index in [9.17, 15) is 0 Å². The van der Waals surface area contributed by atoms with E-state index >= 15 is 0 Å². The standard InChI is InChI=1S/C7H12N2S/c1-3-6-7(5(2)8)10-4-9-6/h4-5H,3,8H2,1-2H3. The van der Waals surface area contributed by atoms with E-state index in [0.29, 0.717) is 0 Å². The summed E-state index contributed by atoms with van der Waals surface area (Å²) in [5.74, 6) is 0. The van der Waals surface area contributed by atoms with Gasteiger partial charge in [-0.25, -0.2) is 4.98 Å². The van der Waals surface area contributed by atoms with Crippen LogP contribution in [0.15, 0.2) is 5.51 Å². The Morgan fingerprint density at radius 2 is 2.50 bits per heavy atom. The maximum atomic E-state index is 5.70. The Labute approximate surface area is 65.1 Å². The number of thiazole rings is 1. The first-order valence-corrected chi connectivity index (χ1v) is 4.31. The van der Waals surface area contributed by atoms with Crippen LogP contribution < -0.4 is 5.73 Å². The summed E-state index contributed by atoms with van der Waals surface area (Å²) in [6, 6.07) is 0.141. The molecule has 56 valence electrons. The number of hydrogen-bond donors (Lipinski definition) is 1. The Morgan fingerprint density at radius 1 is 1.80 bits per heavy atom. The maximum absolute atomic E-state index is 5.70. The van der Waals surface area contributed by atoms with Gasteiger partial charge in [-0.3, -0.25) is 0 Å². The monoisotopic (exact) mass is 156 g/mol. The molecule has 0 saturated carbocycles. The zero-order valence-electron chi connectivity index (χ0n) is 6.29. The molecule has 0 aliphatic rings. The zero-order valence-corrected chi connectivity index (χ0v) is 7.11. The number of nitrogens with two attached hydrogens (primary N) is 1. The molecule has 0 amide bonds. The molecule has 1 aromatic heterocycles. The van der Waals surface area contributed by atoms with Crippen LogP contribution in [0.25, 0.3) is 0 Å². The Kier molecular flexibility index (Phi) is 2.40. The van der Waals surface area contributed by atoms with Gasteiger partial charge in [-0.1, -0.05) is 6.92 Å². The highest BCUT2D eigenvalue weighted by Gasteiger charge is 2.06. The number of nitrogens with zero attached hydrogens (tertiary/aromatic N) is 1. The van der Waals surface area contributed by atoms with Crippen LogP contribution in [0.1, 0.15) is 30.5 Å². The molecule has 0 radical (unpaired) electrons. The lowest BCUT2D eigenvalue weighted by atomic mass is 10.2. The molecular weight excluding hydrogens is 144 g/mol. The van der Waals surface area contributed by atoms with Crippen molar-refractivity contribution >= 4 is 11.3 Å². The van der Waals surface area contributed by atoms with Gasteiger partial charge in [0.15, 0.2) is 0 Å². The first-order valence-electron chi connectivity index (χ1n) is 3.43. The summed E-state index contributed by atoms with van der Waals surface area (Å²) < 4.78 is 0. The quantitative estimate of drug-likeness (QED) is 0.708. The minimum atomic E-state index is 0.141. The molecule has 1 aromatic rings. The van der Waals surface area contributed by atoms with Crippen molar-refractivity contribution in [1.82, 2.24) is 4.98 Å². The van der Waals surface area contributed by atoms with Crippen molar-refractivity contribution in [2.75, 3.05) is 0 Å². The largest absolute Gasteiger partial charge is 0.323 e. The van der Waals surface area contributed by atoms with Gasteiger partial charge in [0.05, 0.1) is 11.2 Å². The molecule has 2 N–H and O–H groups in total. The second-order valence-electron chi connectivity index (χ2n) is 2.31. The Hall–Kier alpha value is -0.410. The topological polar surface area (TPSA) is 38.9 Å². The Balaban J connectivity index is 2.90. The SMILES string of the molecule is CCc1ncsc1C(C)N. The molecule has 3 heteroatoms. The maximum Gasteiger partial charge on any atom is 0.0798 e. The predicted octanol–water partition coefficient (Wildman–Crippen LogP) is 1.73. The fourth-order valence-electron chi connectivity index (χ4n) is 0.914. The molecule has 0 bridgehead atoms. The molecule has 0 spiro atoms. The molecule has 0 aliphatic heterocycles. The summed E-state index contributed by atoms with van der Waals surface area (Å²) in [7, 11) is 0. The lowest BCUT2D eigenvalue weighted by molar-refractivity contribution is 0.813. The van der Waals surface area contributed by atoms with Crippen molar-refractivity contribution in [2.24, 2.45) is 5.73 Å². The normalized spacial score (nSPS) is 13.5. The summed E-state index contributed by atoms with van der Waals surface area (Å²) >= 11 is 1.65. The van der Waals surface area contributed by atoms with Crippen LogP contribution in [-0.2, 0) is 6.42 Å². The fourth-order valence-corrected chi connectivity index (χ4v) is 1.76. The smallest absolute Gasteiger partial charge is 0.0798 e. The minimum absolute atomic E-state index is 0.141. The second kappa shape index (κ2) is 3.12. The molecule has 10 heavy (non-hydrogen) atoms. The van der Waals surface area contributed by atoms with Gasteiger partial charge in [0.25, 0.3) is 0 Å². The zero-order chi connectivity index (χ0) is 7.56. The van der Waals surface area contributed by atoms with Gasteiger partial charge in [-0.05, 0) is 13.3 Å². The van der Waals surface area contributed by atoms with Crippen molar-refractivity contribution in [3.8, 4) is 0 Å². The number of aromatic nitrogens is 1. The number of hydrogen-bond acceptors (Lipinski definition) is 3. The summed E-state index contributed by atoms with van der Waals surface area (Å²) in [6.45, 7) is 4.09. The van der Waals surface area contributed by atoms with Crippen LogP contribution in [0.4, 0.5) is 0 Å². The highest BCUT2D eigenvalue weighted by molar-refractivity contribution is 7.09. The van der Waals surface area contributed by atoms with Crippen LogP contribution in [-0.4, -0.2) is 4.98 Å². The Bertz CT molecular complexity index is 205. The van der Waals surface area contributed by atoms with E-state index in [-0.39, 0.29) is 6.04 Å². The molecule has 0 aromatic carbocycles. The molecule has 2 nitrogen and oxygen atoms in total. The van der Waals surface area contributed by atoms with E-state index in [2.05, 4.69) is 11.9 Å². The molecule has 0 fully saturated rings. The average Bonchev–Trinajstić information content (AvgIpc) is 2.33. The van der Waals surface area contributed by atoms with E-state index in [1.54, 1.807) is 11.3 Å². The highest BCUT2D eigenvalue weighted by atomic mass is 32.1. The van der Waals surface area contributed by atoms with E-state index in [1.165, 1.54) is 4.88 Å². The first kappa shape index (κ1) is 7.69. The molecule has 0 saturated heterocycles. The van der Waals surface area contributed by atoms with Crippen LogP contribution in [0.3, 0.4) is 0 Å². The summed E-state index contributed by atoms with van der Waals surface area (Å²) in [6.07, 6.45) is 0.986. The third-order valence-electron chi connectivity index (χ3n) is 1.42. The number of aryl methyl sites for hydroxylation is 1. The van der Waals surface area contributed by atoms with Gasteiger partial charge >= 0.3 is 0 Å². The van der Waals surface area contributed by atoms with Crippen LogP contribution in [0, 0.1) is 0 Å². The summed E-state index contributed by atoms with van der Waals surface area (Å²) in [4.78, 5) is 5.42. The summed E-state index contributed by atoms with van der Waals surface area (Å²) in [5.41, 5.74) is 8.72. The van der Waals surface area contributed by atoms with E-state index in [0.717, 1.165) is 12.1 Å². The Morgan fingerprint density at radius 3 is 2.90 bits per heavy atom. The third-order valence-corrected chi connectivity index (χ3v) is 2.49. The predicted molar refractivity (Wildman–Crippen MR) is 44.1 cm³/mol. The van der Waals surface area contributed by atoms with Crippen LogP contribution in [0.2, 0.25) is 0 Å². The molecule has 1 unspecified atom stereocenters. The van der Waals surface area contributed by atoms with Gasteiger partial charge in [0, 0.05) is 10.9 Å². The highest BCUT2D eigenvalue weighted by Crippen LogP contribution is 2.19. The van der Waals surface area contributed by atoms with Gasteiger partial charge in [-0.15, -0.1) is 11.3 Å². The van der Waals surface area contributed by atoms with Gasteiger partial charge in [0.1, 0.15) is 0 Å². The van der Waals surface area contributed by atoms with Crippen LogP contribution >= 0.6 is 11.3 Å². The summed E-state index contributed by atoms with van der Waals surface area (Å²) in [5, 5.41) is 0. The van der Waals surface area contributed by atoms with Crippen molar-refractivity contribution in [1.29, 1.82) is 0 Å². The molecule has 1 rings (SSSR count). The molecule has 1 heterocycles. The minimum Gasteiger partial charge on any atom is -0.323 e. The van der Waals surface area contributed by atoms with Crippen molar-refractivity contribution in [3.05, 3.63) is 16.1 Å². The lowest BCUT2D eigenvalue weighted by Crippen LogP contribution is -2.05. The first-order chi connectivity index (χ1) is 4.75. The van der Waals surface area contributed by atoms with Crippen molar-refractivity contribution in [2.45, 2.75) is 26.3 Å². The number of rotatable bonds is 2. The van der Waals surface area contributed by atoms with Crippen LogP contribution in [0.5, 0.6) is 0 Å². The van der Waals surface area contributed by atoms with Gasteiger partial charge < -0.3 is 5.73 Å². The molecule has 1 atom stereocenters. The lowest BCUT2D eigenvalue weighted by Gasteiger charge is -2.01. The van der Waals surface area contributed by atoms with E-state index in [4.69, 9.17) is 5.73 Å². The van der Waals surface area contributed by atoms with Crippen molar-refractivity contribution in [3.63, 3.8) is 0 Å². The average molecular weight is 156 g/mol. The second-order valence-corrected chi connectivity index (χ2v) is 3.19. The van der Waals surface area contributed by atoms with Gasteiger partial charge in [-0.2, -0.15) is 0 Å². The fraction of sp³-hybridized carbons (Fsp3) is 0.571. The van der Waals surface area contributed by atoms with Gasteiger partial charge in [0.2, 0.25) is 0 Å². The molecule has 0 aliphatic carbocycles. The van der Waals surface area contributed by atoms with Crippen molar-refractivity contribution < 1.29 is 0 Å². The van der Waals surface area contributed by atoms with E-state index in [1.807, 2.05) is 12.4 Å². The molecular formula is C7H12N2S. The van der Waals surface area contributed by atoms with E-state index < -0.39 is 0 Å².